The Hall–Kier alpha value is -4.17. The highest BCUT2D eigenvalue weighted by Crippen LogP contribution is 2.29. The van der Waals surface area contributed by atoms with E-state index in [4.69, 9.17) is 10.7 Å². The first-order chi connectivity index (χ1) is 17.9. The van der Waals surface area contributed by atoms with Crippen LogP contribution >= 0.6 is 0 Å². The molecule has 0 bridgehead atoms. The third kappa shape index (κ3) is 5.34. The van der Waals surface area contributed by atoms with Crippen LogP contribution in [0.1, 0.15) is 46.8 Å². The highest BCUT2D eigenvalue weighted by Gasteiger charge is 2.19. The number of carbonyl (C=O) groups is 1. The summed E-state index contributed by atoms with van der Waals surface area (Å²) in [6.07, 6.45) is 6.49. The van der Waals surface area contributed by atoms with Gasteiger partial charge < -0.3 is 11.1 Å². The van der Waals surface area contributed by atoms with Crippen molar-refractivity contribution in [2.75, 3.05) is 30.3 Å². The Kier molecular flexibility index (Phi) is 6.92. The number of aryl methyl sites for hydroxylation is 2. The number of H-pyrrole nitrogens is 2. The molecule has 0 saturated carbocycles. The molecule has 0 saturated heterocycles. The molecule has 2 aromatic carbocycles. The number of fused-ring (bicyclic) bond motifs is 1. The van der Waals surface area contributed by atoms with Gasteiger partial charge in [-0.25, -0.2) is 4.98 Å². The van der Waals surface area contributed by atoms with Gasteiger partial charge in [0.2, 0.25) is 11.5 Å². The normalized spacial score (nSPS) is 14.0. The van der Waals surface area contributed by atoms with Crippen LogP contribution in [-0.2, 0) is 0 Å². The molecule has 0 fully saturated rings. The van der Waals surface area contributed by atoms with E-state index in [2.05, 4.69) is 63.6 Å². The van der Waals surface area contributed by atoms with Gasteiger partial charge in [-0.2, -0.15) is 0 Å². The monoisotopic (exact) mass is 496 g/mol. The fraction of sp³-hybridized carbons (Fsp3) is 0.276. The lowest BCUT2D eigenvalue weighted by molar-refractivity contribution is -0.333. The van der Waals surface area contributed by atoms with E-state index < -0.39 is 5.91 Å². The number of rotatable bonds is 8. The summed E-state index contributed by atoms with van der Waals surface area (Å²) < 4.78 is 0. The van der Waals surface area contributed by atoms with Crippen LogP contribution in [0.25, 0.3) is 16.6 Å². The zero-order valence-electron chi connectivity index (χ0n) is 21.6. The molecule has 4 aromatic rings. The summed E-state index contributed by atoms with van der Waals surface area (Å²) >= 11 is 0. The van der Waals surface area contributed by atoms with Crippen LogP contribution in [0.3, 0.4) is 0 Å². The molecule has 0 radical (unpaired) electrons. The second-order valence-corrected chi connectivity index (χ2v) is 9.69. The molecule has 1 aliphatic rings. The van der Waals surface area contributed by atoms with Crippen molar-refractivity contribution in [1.29, 1.82) is 0 Å². The molecular formula is C29H34N7O+. The first kappa shape index (κ1) is 24.5. The maximum atomic E-state index is 12.0. The predicted octanol–water partition coefficient (Wildman–Crippen LogP) is 5.08. The maximum absolute atomic E-state index is 12.0. The fourth-order valence-electron chi connectivity index (χ4n) is 4.90. The van der Waals surface area contributed by atoms with Crippen molar-refractivity contribution in [3.63, 3.8) is 0 Å². The lowest BCUT2D eigenvalue weighted by Gasteiger charge is -2.27. The van der Waals surface area contributed by atoms with Crippen LogP contribution in [0.15, 0.2) is 54.7 Å². The van der Waals surface area contributed by atoms with E-state index in [-0.39, 0.29) is 0 Å². The molecule has 0 spiro atoms. The van der Waals surface area contributed by atoms with Gasteiger partial charge >= 0.3 is 5.95 Å². The fourth-order valence-corrected chi connectivity index (χ4v) is 4.90. The number of hydrogen-bond donors (Lipinski definition) is 4. The van der Waals surface area contributed by atoms with E-state index in [0.29, 0.717) is 23.0 Å². The van der Waals surface area contributed by atoms with Gasteiger partial charge in [0.1, 0.15) is 0 Å². The molecule has 6 N–H and O–H groups in total. The van der Waals surface area contributed by atoms with Gasteiger partial charge in [-0.3, -0.25) is 20.0 Å². The van der Waals surface area contributed by atoms with Gasteiger partial charge in [0, 0.05) is 19.3 Å². The lowest BCUT2D eigenvalue weighted by Crippen LogP contribution is -2.30. The molecule has 37 heavy (non-hydrogen) atoms. The number of amides is 1. The molecule has 3 heterocycles. The van der Waals surface area contributed by atoms with E-state index in [1.165, 1.54) is 17.6 Å². The molecule has 1 amide bonds. The molecule has 8 nitrogen and oxygen atoms in total. The van der Waals surface area contributed by atoms with Crippen molar-refractivity contribution >= 4 is 45.7 Å². The van der Waals surface area contributed by atoms with E-state index in [1.54, 1.807) is 6.07 Å². The van der Waals surface area contributed by atoms with Gasteiger partial charge in [0.15, 0.2) is 0 Å². The Morgan fingerprint density at radius 1 is 1.14 bits per heavy atom. The zero-order chi connectivity index (χ0) is 25.9. The van der Waals surface area contributed by atoms with Crippen LogP contribution in [0.2, 0.25) is 0 Å². The number of hydrogen-bond acceptors (Lipinski definition) is 5. The average Bonchev–Trinajstić information content (AvgIpc) is 3.35. The Labute approximate surface area is 217 Å². The van der Waals surface area contributed by atoms with E-state index in [1.807, 2.05) is 31.3 Å². The second kappa shape index (κ2) is 10.4. The molecule has 1 aliphatic heterocycles. The Morgan fingerprint density at radius 3 is 2.78 bits per heavy atom. The summed E-state index contributed by atoms with van der Waals surface area (Å²) in [6.45, 7) is 9.59. The van der Waals surface area contributed by atoms with Crippen molar-refractivity contribution < 1.29 is 9.78 Å². The number of carbonyl (C=O) groups excluding carboxylic acids is 1. The minimum absolute atomic E-state index is 0.416. The molecule has 2 aromatic heterocycles. The van der Waals surface area contributed by atoms with Gasteiger partial charge in [-0.15, -0.1) is 0 Å². The molecule has 0 aliphatic carbocycles. The van der Waals surface area contributed by atoms with E-state index >= 15 is 0 Å². The summed E-state index contributed by atoms with van der Waals surface area (Å²) in [6, 6.07) is 14.0. The Bertz CT molecular complexity index is 1490. The predicted molar refractivity (Wildman–Crippen MR) is 149 cm³/mol. The summed E-state index contributed by atoms with van der Waals surface area (Å²) in [7, 11) is 0. The number of nitrogens with two attached hydrogens (primary N) is 1. The minimum Gasteiger partial charge on any atom is -0.366 e. The third-order valence-electron chi connectivity index (χ3n) is 6.78. The number of primary amides is 1. The number of nitrogens with one attached hydrogen (secondary N) is 4. The topological polar surface area (TPSA) is 113 Å². The second-order valence-electron chi connectivity index (χ2n) is 9.69. The van der Waals surface area contributed by atoms with Crippen LogP contribution < -0.4 is 21.4 Å². The SMILES string of the molecule is CCCN1CCC=C(c2ccc(Nc3nc(Nc4cc(C)ccc4C(N)=O)c4cc[nH]c4[nH+]3)c(C)c2)C1. The first-order valence-corrected chi connectivity index (χ1v) is 12.8. The van der Waals surface area contributed by atoms with Crippen molar-refractivity contribution in [2.24, 2.45) is 5.73 Å². The highest BCUT2D eigenvalue weighted by molar-refractivity contribution is 6.00. The van der Waals surface area contributed by atoms with Gasteiger partial charge in [0.25, 0.3) is 5.91 Å². The average molecular weight is 497 g/mol. The zero-order valence-corrected chi connectivity index (χ0v) is 21.6. The van der Waals surface area contributed by atoms with E-state index in [0.717, 1.165) is 53.9 Å². The summed E-state index contributed by atoms with van der Waals surface area (Å²) in [5, 5.41) is 7.64. The molecular weight excluding hydrogens is 462 g/mol. The first-order valence-electron chi connectivity index (χ1n) is 12.8. The maximum Gasteiger partial charge on any atom is 0.351 e. The summed E-state index contributed by atoms with van der Waals surface area (Å²) in [5.41, 5.74) is 13.2. The van der Waals surface area contributed by atoms with E-state index in [9.17, 15) is 4.79 Å². The molecule has 0 unspecified atom stereocenters. The van der Waals surface area contributed by atoms with Crippen LogP contribution in [0.5, 0.6) is 0 Å². The highest BCUT2D eigenvalue weighted by atomic mass is 16.1. The third-order valence-corrected chi connectivity index (χ3v) is 6.78. The number of benzene rings is 2. The van der Waals surface area contributed by atoms with Crippen LogP contribution in [-0.4, -0.2) is 40.4 Å². The van der Waals surface area contributed by atoms with Crippen LogP contribution in [0.4, 0.5) is 23.1 Å². The summed E-state index contributed by atoms with van der Waals surface area (Å²) in [4.78, 5) is 25.9. The summed E-state index contributed by atoms with van der Waals surface area (Å²) in [5.74, 6) is 0.700. The number of anilines is 4. The molecule has 0 atom stereocenters. The molecule has 5 rings (SSSR count). The molecule has 8 heteroatoms. The van der Waals surface area contributed by atoms with Gasteiger partial charge in [-0.05, 0) is 85.8 Å². The van der Waals surface area contributed by atoms with Gasteiger partial charge in [0.05, 0.1) is 22.3 Å². The number of nitrogens with zero attached hydrogens (tertiary/aromatic N) is 2. The molecule has 190 valence electrons. The smallest absolute Gasteiger partial charge is 0.351 e. The number of aromatic nitrogens is 3. The van der Waals surface area contributed by atoms with Gasteiger partial charge in [-0.1, -0.05) is 30.1 Å². The quantitative estimate of drug-likeness (QED) is 0.272. The minimum atomic E-state index is -0.490. The standard InChI is InChI=1S/C29H33N7O/c1-4-13-36-14-5-6-21(17-36)20-8-10-24(19(3)16-20)33-29-34-27-23(11-12-31-27)28(35-29)32-25-15-18(2)7-9-22(25)26(30)37/h6-12,15-16H,4-5,13-14,17H2,1-3H3,(H2,30,37)(H3,31,32,33,34,35)/p+1. The largest absolute Gasteiger partial charge is 0.366 e. The lowest BCUT2D eigenvalue weighted by atomic mass is 9.98. The Morgan fingerprint density at radius 2 is 2.00 bits per heavy atom. The number of aromatic amines is 2. The van der Waals surface area contributed by atoms with Crippen molar-refractivity contribution in [3.05, 3.63) is 77.0 Å². The van der Waals surface area contributed by atoms with Crippen molar-refractivity contribution in [3.8, 4) is 0 Å². The Balaban J connectivity index is 1.43. The van der Waals surface area contributed by atoms with Crippen LogP contribution in [0, 0.1) is 13.8 Å². The van der Waals surface area contributed by atoms with Crippen molar-refractivity contribution in [1.82, 2.24) is 14.9 Å². The van der Waals surface area contributed by atoms with Crippen molar-refractivity contribution in [2.45, 2.75) is 33.6 Å².